The number of carbonyl (C=O) groups excluding carboxylic acids is 1. The summed E-state index contributed by atoms with van der Waals surface area (Å²) in [5.41, 5.74) is 0.0225. The Morgan fingerprint density at radius 3 is 2.62 bits per heavy atom. The molecular weight excluding hydrogens is 409 g/mol. The highest BCUT2D eigenvalue weighted by atomic mass is 32.2. The van der Waals surface area contributed by atoms with E-state index in [1.54, 1.807) is 13.8 Å². The van der Waals surface area contributed by atoms with Gasteiger partial charge in [-0.3, -0.25) is 4.79 Å². The number of sulfonamides is 1. The number of nitrogens with one attached hydrogen (secondary N) is 1. The fourth-order valence-corrected chi connectivity index (χ4v) is 3.51. The number of nitrogens with zero attached hydrogens (tertiary/aromatic N) is 3. The summed E-state index contributed by atoms with van der Waals surface area (Å²) in [6.07, 6.45) is -2.77. The molecule has 7 nitrogen and oxygen atoms in total. The molecule has 0 atom stereocenters. The lowest BCUT2D eigenvalue weighted by Gasteiger charge is -2.15. The van der Waals surface area contributed by atoms with Crippen LogP contribution in [0, 0.1) is 6.92 Å². The summed E-state index contributed by atoms with van der Waals surface area (Å²) in [7, 11) is -1.80. The van der Waals surface area contributed by atoms with E-state index in [4.69, 9.17) is 0 Å². The molecule has 0 aliphatic heterocycles. The Kier molecular flexibility index (Phi) is 7.06. The molecule has 0 bridgehead atoms. The Hall–Kier alpha value is -2.40. The van der Waals surface area contributed by atoms with Gasteiger partial charge in [-0.2, -0.15) is 18.3 Å². The van der Waals surface area contributed by atoms with Crippen molar-refractivity contribution in [3.8, 4) is 5.69 Å². The first kappa shape index (κ1) is 22.9. The smallest absolute Gasteiger partial charge is 0.352 e. The molecule has 1 aromatic carbocycles. The van der Waals surface area contributed by atoms with E-state index in [0.29, 0.717) is 12.1 Å². The molecule has 1 heterocycles. The Morgan fingerprint density at radius 2 is 2.00 bits per heavy atom. The molecule has 0 aliphatic rings. The Bertz CT molecular complexity index is 971. The summed E-state index contributed by atoms with van der Waals surface area (Å²) < 4.78 is 64.6. The maximum absolute atomic E-state index is 12.9. The lowest BCUT2D eigenvalue weighted by atomic mass is 10.2. The van der Waals surface area contributed by atoms with Crippen molar-refractivity contribution >= 4 is 15.9 Å². The summed E-state index contributed by atoms with van der Waals surface area (Å²) in [6, 6.07) is 4.68. The quantitative estimate of drug-likeness (QED) is 0.650. The Labute approximate surface area is 167 Å². The van der Waals surface area contributed by atoms with Crippen molar-refractivity contribution in [1.29, 1.82) is 0 Å². The van der Waals surface area contributed by atoms with E-state index in [2.05, 4.69) is 10.4 Å². The van der Waals surface area contributed by atoms with Crippen LogP contribution in [0.25, 0.3) is 5.69 Å². The van der Waals surface area contributed by atoms with Crippen LogP contribution >= 0.6 is 0 Å². The van der Waals surface area contributed by atoms with Crippen molar-refractivity contribution in [1.82, 2.24) is 19.4 Å². The van der Waals surface area contributed by atoms with Gasteiger partial charge in [0.1, 0.15) is 0 Å². The highest BCUT2D eigenvalue weighted by Crippen LogP contribution is 2.30. The SMILES string of the molecule is CCS(=O)(=O)N(C)CCCNC(=O)c1cnn(-c2cccc(C(F)(F)F)c2)c1C. The molecule has 0 saturated heterocycles. The van der Waals surface area contributed by atoms with Crippen LogP contribution in [-0.4, -0.2) is 54.3 Å². The van der Waals surface area contributed by atoms with Crippen molar-refractivity contribution in [3.05, 3.63) is 47.3 Å². The second-order valence-electron chi connectivity index (χ2n) is 6.44. The fraction of sp³-hybridized carbons (Fsp3) is 0.444. The molecule has 0 aliphatic carbocycles. The summed E-state index contributed by atoms with van der Waals surface area (Å²) >= 11 is 0. The van der Waals surface area contributed by atoms with Crippen molar-refractivity contribution in [2.75, 3.05) is 25.9 Å². The van der Waals surface area contributed by atoms with Crippen LogP contribution in [0.3, 0.4) is 0 Å². The van der Waals surface area contributed by atoms with E-state index in [1.807, 2.05) is 0 Å². The average Bonchev–Trinajstić information content (AvgIpc) is 3.05. The van der Waals surface area contributed by atoms with Crippen LogP contribution in [0.15, 0.2) is 30.5 Å². The van der Waals surface area contributed by atoms with E-state index in [9.17, 15) is 26.4 Å². The van der Waals surface area contributed by atoms with Gasteiger partial charge < -0.3 is 5.32 Å². The predicted molar refractivity (Wildman–Crippen MR) is 102 cm³/mol. The number of aromatic nitrogens is 2. The predicted octanol–water partition coefficient (Wildman–Crippen LogP) is 2.60. The summed E-state index contributed by atoms with van der Waals surface area (Å²) in [4.78, 5) is 12.4. The van der Waals surface area contributed by atoms with Crippen LogP contribution in [0.1, 0.15) is 35.0 Å². The summed E-state index contributed by atoms with van der Waals surface area (Å²) in [6.45, 7) is 3.65. The zero-order valence-electron chi connectivity index (χ0n) is 16.3. The minimum absolute atomic E-state index is 0.00375. The number of hydrogen-bond acceptors (Lipinski definition) is 4. The number of rotatable bonds is 8. The van der Waals surface area contributed by atoms with Gasteiger partial charge in [-0.05, 0) is 38.5 Å². The molecule has 1 N–H and O–H groups in total. The highest BCUT2D eigenvalue weighted by molar-refractivity contribution is 7.89. The van der Waals surface area contributed by atoms with Crippen LogP contribution in [0.2, 0.25) is 0 Å². The molecule has 1 aromatic heterocycles. The molecule has 160 valence electrons. The Balaban J connectivity index is 2.03. The second-order valence-corrected chi connectivity index (χ2v) is 8.80. The minimum Gasteiger partial charge on any atom is -0.352 e. The number of benzene rings is 1. The molecule has 0 spiro atoms. The third-order valence-electron chi connectivity index (χ3n) is 4.45. The average molecular weight is 432 g/mol. The number of alkyl halides is 3. The molecule has 0 radical (unpaired) electrons. The van der Waals surface area contributed by atoms with Crippen molar-refractivity contribution < 1.29 is 26.4 Å². The number of hydrogen-bond donors (Lipinski definition) is 1. The topological polar surface area (TPSA) is 84.3 Å². The fourth-order valence-electron chi connectivity index (χ4n) is 2.67. The molecule has 2 aromatic rings. The third kappa shape index (κ3) is 5.57. The van der Waals surface area contributed by atoms with Crippen LogP contribution in [-0.2, 0) is 16.2 Å². The van der Waals surface area contributed by atoms with E-state index < -0.39 is 27.7 Å². The number of amides is 1. The van der Waals surface area contributed by atoms with Gasteiger partial charge in [-0.1, -0.05) is 6.07 Å². The molecule has 2 rings (SSSR count). The first-order chi connectivity index (χ1) is 13.5. The van der Waals surface area contributed by atoms with Crippen LogP contribution < -0.4 is 5.32 Å². The summed E-state index contributed by atoms with van der Waals surface area (Å²) in [5.74, 6) is -0.425. The second kappa shape index (κ2) is 8.95. The van der Waals surface area contributed by atoms with E-state index in [-0.39, 0.29) is 30.1 Å². The van der Waals surface area contributed by atoms with Gasteiger partial charge in [0.25, 0.3) is 5.91 Å². The normalized spacial score (nSPS) is 12.4. The van der Waals surface area contributed by atoms with Crippen LogP contribution in [0.4, 0.5) is 13.2 Å². The van der Waals surface area contributed by atoms with E-state index in [1.165, 1.54) is 34.4 Å². The molecule has 0 unspecified atom stereocenters. The van der Waals surface area contributed by atoms with Gasteiger partial charge in [0.15, 0.2) is 0 Å². The maximum atomic E-state index is 12.9. The molecule has 1 amide bonds. The molecule has 11 heteroatoms. The highest BCUT2D eigenvalue weighted by Gasteiger charge is 2.30. The molecule has 0 fully saturated rings. The van der Waals surface area contributed by atoms with Gasteiger partial charge >= 0.3 is 6.18 Å². The first-order valence-electron chi connectivity index (χ1n) is 8.92. The minimum atomic E-state index is -4.48. The largest absolute Gasteiger partial charge is 0.416 e. The molecular formula is C18H23F3N4O3S. The van der Waals surface area contributed by atoms with E-state index >= 15 is 0 Å². The number of carbonyl (C=O) groups is 1. The zero-order valence-corrected chi connectivity index (χ0v) is 17.1. The zero-order chi connectivity index (χ0) is 21.8. The lowest BCUT2D eigenvalue weighted by Crippen LogP contribution is -2.32. The molecule has 0 saturated carbocycles. The first-order valence-corrected chi connectivity index (χ1v) is 10.5. The standard InChI is InChI=1S/C18H23F3N4O3S/c1-4-29(27,28)24(3)10-6-9-22-17(26)16-12-23-25(13(16)2)15-8-5-7-14(11-15)18(19,20)21/h5,7-8,11-12H,4,6,9-10H2,1-3H3,(H,22,26). The molecule has 29 heavy (non-hydrogen) atoms. The number of halogens is 3. The van der Waals surface area contributed by atoms with Crippen LogP contribution in [0.5, 0.6) is 0 Å². The van der Waals surface area contributed by atoms with Gasteiger partial charge in [0.2, 0.25) is 10.0 Å². The summed E-state index contributed by atoms with van der Waals surface area (Å²) in [5, 5.41) is 6.70. The van der Waals surface area contributed by atoms with Gasteiger partial charge in [-0.25, -0.2) is 17.4 Å². The van der Waals surface area contributed by atoms with Gasteiger partial charge in [-0.15, -0.1) is 0 Å². The lowest BCUT2D eigenvalue weighted by molar-refractivity contribution is -0.137. The van der Waals surface area contributed by atoms with Gasteiger partial charge in [0, 0.05) is 20.1 Å². The third-order valence-corrected chi connectivity index (χ3v) is 6.31. The monoisotopic (exact) mass is 432 g/mol. The van der Waals surface area contributed by atoms with E-state index in [0.717, 1.165) is 12.1 Å². The van der Waals surface area contributed by atoms with Crippen molar-refractivity contribution in [3.63, 3.8) is 0 Å². The van der Waals surface area contributed by atoms with Crippen molar-refractivity contribution in [2.24, 2.45) is 0 Å². The Morgan fingerprint density at radius 1 is 1.31 bits per heavy atom. The maximum Gasteiger partial charge on any atom is 0.416 e. The van der Waals surface area contributed by atoms with Crippen molar-refractivity contribution in [2.45, 2.75) is 26.4 Å². The van der Waals surface area contributed by atoms with Gasteiger partial charge in [0.05, 0.1) is 34.5 Å².